The lowest BCUT2D eigenvalue weighted by Gasteiger charge is -2.20. The summed E-state index contributed by atoms with van der Waals surface area (Å²) in [7, 11) is 0. The van der Waals surface area contributed by atoms with Crippen LogP contribution in [0.1, 0.15) is 31.4 Å². The van der Waals surface area contributed by atoms with Gasteiger partial charge in [0.25, 0.3) is 6.43 Å². The molecule has 0 aliphatic carbocycles. The molecule has 1 aromatic rings. The molecule has 0 aliphatic heterocycles. The maximum absolute atomic E-state index is 12.6. The molecule has 0 bridgehead atoms. The third kappa shape index (κ3) is 3.07. The third-order valence-electron chi connectivity index (χ3n) is 1.94. The zero-order valence-corrected chi connectivity index (χ0v) is 8.43. The van der Waals surface area contributed by atoms with Gasteiger partial charge in [-0.05, 0) is 25.8 Å². The van der Waals surface area contributed by atoms with Crippen molar-refractivity contribution in [3.05, 3.63) is 35.4 Å². The topological polar surface area (TPSA) is 26.0 Å². The lowest BCUT2D eigenvalue weighted by atomic mass is 9.93. The minimum Gasteiger partial charge on any atom is -0.325 e. The van der Waals surface area contributed by atoms with Crippen molar-refractivity contribution in [3.8, 4) is 0 Å². The fraction of sp³-hybridized carbons (Fsp3) is 0.455. The molecule has 0 amide bonds. The van der Waals surface area contributed by atoms with Crippen molar-refractivity contribution in [1.82, 2.24) is 0 Å². The highest BCUT2D eigenvalue weighted by molar-refractivity contribution is 5.29. The van der Waals surface area contributed by atoms with E-state index in [-0.39, 0.29) is 5.56 Å². The number of nitrogens with two attached hydrogens (primary N) is 1. The summed E-state index contributed by atoms with van der Waals surface area (Å²) in [6.45, 7) is 3.66. The Balaban J connectivity index is 2.96. The maximum Gasteiger partial charge on any atom is 0.264 e. The van der Waals surface area contributed by atoms with Crippen LogP contribution in [0.3, 0.4) is 0 Å². The molecule has 0 aromatic heterocycles. The normalized spacial score (nSPS) is 12.1. The van der Waals surface area contributed by atoms with Crippen LogP contribution in [-0.4, -0.2) is 5.54 Å². The first-order valence-corrected chi connectivity index (χ1v) is 4.55. The minimum absolute atomic E-state index is 0.0889. The smallest absolute Gasteiger partial charge is 0.264 e. The second kappa shape index (κ2) is 4.05. The first-order valence-electron chi connectivity index (χ1n) is 4.55. The summed E-state index contributed by atoms with van der Waals surface area (Å²) in [4.78, 5) is 0. The van der Waals surface area contributed by atoms with Crippen LogP contribution < -0.4 is 5.73 Å². The molecule has 1 nitrogen and oxygen atoms in total. The zero-order valence-electron chi connectivity index (χ0n) is 8.43. The lowest BCUT2D eigenvalue weighted by molar-refractivity contribution is 0.150. The van der Waals surface area contributed by atoms with Crippen molar-refractivity contribution >= 4 is 0 Å². The summed E-state index contributed by atoms with van der Waals surface area (Å²) in [5, 5.41) is 0. The van der Waals surface area contributed by atoms with Crippen LogP contribution in [-0.2, 0) is 6.42 Å². The average Bonchev–Trinajstić information content (AvgIpc) is 2.01. The van der Waals surface area contributed by atoms with Gasteiger partial charge in [-0.3, -0.25) is 0 Å². The molecule has 78 valence electrons. The first-order chi connectivity index (χ1) is 6.40. The first kappa shape index (κ1) is 11.1. The fourth-order valence-corrected chi connectivity index (χ4v) is 1.40. The van der Waals surface area contributed by atoms with E-state index in [9.17, 15) is 8.78 Å². The molecule has 0 fully saturated rings. The Morgan fingerprint density at radius 2 is 1.86 bits per heavy atom. The van der Waals surface area contributed by atoms with Crippen LogP contribution in [0.15, 0.2) is 24.3 Å². The van der Waals surface area contributed by atoms with E-state index < -0.39 is 12.0 Å². The molecule has 0 saturated carbocycles. The predicted octanol–water partition coefficient (Wildman–Crippen LogP) is 2.90. The van der Waals surface area contributed by atoms with E-state index in [1.807, 2.05) is 13.8 Å². The largest absolute Gasteiger partial charge is 0.325 e. The van der Waals surface area contributed by atoms with Crippen molar-refractivity contribution < 1.29 is 8.78 Å². The van der Waals surface area contributed by atoms with Crippen molar-refractivity contribution in [1.29, 1.82) is 0 Å². The summed E-state index contributed by atoms with van der Waals surface area (Å²) in [6.07, 6.45) is -1.96. The van der Waals surface area contributed by atoms with Gasteiger partial charge < -0.3 is 5.73 Å². The number of halogens is 2. The zero-order chi connectivity index (χ0) is 10.8. The molecule has 0 radical (unpaired) electrons. The van der Waals surface area contributed by atoms with E-state index in [1.165, 1.54) is 6.07 Å². The number of rotatable bonds is 3. The summed E-state index contributed by atoms with van der Waals surface area (Å²) in [5.41, 5.74) is 6.06. The molecule has 14 heavy (non-hydrogen) atoms. The van der Waals surface area contributed by atoms with Crippen molar-refractivity contribution in [2.45, 2.75) is 32.2 Å². The number of benzene rings is 1. The van der Waals surface area contributed by atoms with Crippen LogP contribution in [0.4, 0.5) is 8.78 Å². The van der Waals surface area contributed by atoms with Crippen LogP contribution in [0.25, 0.3) is 0 Å². The van der Waals surface area contributed by atoms with Gasteiger partial charge in [-0.15, -0.1) is 0 Å². The van der Waals surface area contributed by atoms with Crippen molar-refractivity contribution in [3.63, 3.8) is 0 Å². The minimum atomic E-state index is -2.42. The van der Waals surface area contributed by atoms with Gasteiger partial charge in [-0.25, -0.2) is 8.78 Å². The predicted molar refractivity (Wildman–Crippen MR) is 53.4 cm³/mol. The summed E-state index contributed by atoms with van der Waals surface area (Å²) >= 11 is 0. The molecular weight excluding hydrogens is 184 g/mol. The van der Waals surface area contributed by atoms with Gasteiger partial charge in [0.1, 0.15) is 0 Å². The molecule has 0 spiro atoms. The van der Waals surface area contributed by atoms with Gasteiger partial charge >= 0.3 is 0 Å². The standard InChI is InChI=1S/C11H15F2N/c1-11(2,14)7-8-5-3-4-6-9(8)10(12)13/h3-6,10H,7,14H2,1-2H3. The van der Waals surface area contributed by atoms with E-state index in [0.29, 0.717) is 12.0 Å². The lowest BCUT2D eigenvalue weighted by Crippen LogP contribution is -2.34. The number of alkyl halides is 2. The van der Waals surface area contributed by atoms with E-state index in [0.717, 1.165) is 0 Å². The molecule has 0 saturated heterocycles. The van der Waals surface area contributed by atoms with Crippen molar-refractivity contribution in [2.24, 2.45) is 5.73 Å². The molecule has 1 aromatic carbocycles. The molecule has 0 heterocycles. The number of hydrogen-bond donors (Lipinski definition) is 1. The summed E-state index contributed by atoms with van der Waals surface area (Å²) < 4.78 is 25.1. The van der Waals surface area contributed by atoms with Crippen LogP contribution in [0.5, 0.6) is 0 Å². The third-order valence-corrected chi connectivity index (χ3v) is 1.94. The maximum atomic E-state index is 12.6. The van der Waals surface area contributed by atoms with Gasteiger partial charge in [0, 0.05) is 11.1 Å². The van der Waals surface area contributed by atoms with Crippen LogP contribution >= 0.6 is 0 Å². The second-order valence-electron chi connectivity index (χ2n) is 4.16. The van der Waals surface area contributed by atoms with Gasteiger partial charge in [0.15, 0.2) is 0 Å². The van der Waals surface area contributed by atoms with Crippen LogP contribution in [0, 0.1) is 0 Å². The average molecular weight is 199 g/mol. The molecule has 1 rings (SSSR count). The van der Waals surface area contributed by atoms with Crippen LogP contribution in [0.2, 0.25) is 0 Å². The number of hydrogen-bond acceptors (Lipinski definition) is 1. The highest BCUT2D eigenvalue weighted by atomic mass is 19.3. The molecule has 3 heteroatoms. The Bertz CT molecular complexity index is 302. The van der Waals surface area contributed by atoms with E-state index in [4.69, 9.17) is 5.73 Å². The van der Waals surface area contributed by atoms with E-state index >= 15 is 0 Å². The Kier molecular flexibility index (Phi) is 3.21. The molecule has 0 aliphatic rings. The highest BCUT2D eigenvalue weighted by Crippen LogP contribution is 2.24. The summed E-state index contributed by atoms with van der Waals surface area (Å²) in [5.74, 6) is 0. The Labute approximate surface area is 82.9 Å². The molecule has 2 N–H and O–H groups in total. The molecule has 0 atom stereocenters. The second-order valence-corrected chi connectivity index (χ2v) is 4.16. The Morgan fingerprint density at radius 3 is 2.36 bits per heavy atom. The van der Waals surface area contributed by atoms with Gasteiger partial charge in [0.2, 0.25) is 0 Å². The van der Waals surface area contributed by atoms with E-state index in [1.54, 1.807) is 18.2 Å². The quantitative estimate of drug-likeness (QED) is 0.795. The van der Waals surface area contributed by atoms with E-state index in [2.05, 4.69) is 0 Å². The monoisotopic (exact) mass is 199 g/mol. The van der Waals surface area contributed by atoms with Gasteiger partial charge in [-0.2, -0.15) is 0 Å². The SMILES string of the molecule is CC(C)(N)Cc1ccccc1C(F)F. The Morgan fingerprint density at radius 1 is 1.29 bits per heavy atom. The van der Waals surface area contributed by atoms with Gasteiger partial charge in [0.05, 0.1) is 0 Å². The Hall–Kier alpha value is -0.960. The fourth-order valence-electron chi connectivity index (χ4n) is 1.40. The molecule has 0 unspecified atom stereocenters. The van der Waals surface area contributed by atoms with Crippen molar-refractivity contribution in [2.75, 3.05) is 0 Å². The molecular formula is C11H15F2N. The van der Waals surface area contributed by atoms with Gasteiger partial charge in [-0.1, -0.05) is 24.3 Å². The summed E-state index contributed by atoms with van der Waals surface area (Å²) in [6, 6.07) is 6.53. The highest BCUT2D eigenvalue weighted by Gasteiger charge is 2.17.